The summed E-state index contributed by atoms with van der Waals surface area (Å²) >= 11 is 5.88. The monoisotopic (exact) mass is 206 g/mol. The van der Waals surface area contributed by atoms with Crippen LogP contribution in [0.15, 0.2) is 24.4 Å². The Balaban J connectivity index is 2.63. The molecule has 1 aromatic carbocycles. The van der Waals surface area contributed by atoms with Crippen LogP contribution in [0.4, 0.5) is 0 Å². The van der Waals surface area contributed by atoms with E-state index < -0.39 is 0 Å². The minimum absolute atomic E-state index is 0.394. The molecule has 1 heterocycles. The van der Waals surface area contributed by atoms with Gasteiger partial charge in [0, 0.05) is 11.2 Å². The van der Waals surface area contributed by atoms with Crippen molar-refractivity contribution in [3.8, 4) is 0 Å². The third kappa shape index (κ3) is 1.70. The lowest BCUT2D eigenvalue weighted by Gasteiger charge is -2.04. The SMILES string of the molecule is CC(C)c1cnc2ccc(Cl)cc2n1. The van der Waals surface area contributed by atoms with E-state index in [1.807, 2.05) is 24.4 Å². The van der Waals surface area contributed by atoms with Gasteiger partial charge in [-0.2, -0.15) is 0 Å². The van der Waals surface area contributed by atoms with E-state index in [1.165, 1.54) is 0 Å². The number of nitrogens with zero attached hydrogens (tertiary/aromatic N) is 2. The van der Waals surface area contributed by atoms with Gasteiger partial charge in [-0.15, -0.1) is 0 Å². The van der Waals surface area contributed by atoms with Gasteiger partial charge in [0.1, 0.15) is 0 Å². The molecule has 14 heavy (non-hydrogen) atoms. The zero-order valence-electron chi connectivity index (χ0n) is 8.16. The van der Waals surface area contributed by atoms with E-state index in [0.29, 0.717) is 10.9 Å². The number of fused-ring (bicyclic) bond motifs is 1. The van der Waals surface area contributed by atoms with Gasteiger partial charge >= 0.3 is 0 Å². The fraction of sp³-hybridized carbons (Fsp3) is 0.273. The lowest BCUT2D eigenvalue weighted by Crippen LogP contribution is -1.94. The van der Waals surface area contributed by atoms with Crippen molar-refractivity contribution in [2.45, 2.75) is 19.8 Å². The molecule has 0 saturated heterocycles. The number of hydrogen-bond acceptors (Lipinski definition) is 2. The number of halogens is 1. The molecule has 2 aromatic rings. The van der Waals surface area contributed by atoms with Gasteiger partial charge in [0.05, 0.1) is 16.7 Å². The lowest BCUT2D eigenvalue weighted by atomic mass is 10.1. The first-order valence-electron chi connectivity index (χ1n) is 4.59. The van der Waals surface area contributed by atoms with E-state index in [4.69, 9.17) is 11.6 Å². The average molecular weight is 207 g/mol. The van der Waals surface area contributed by atoms with E-state index in [9.17, 15) is 0 Å². The summed E-state index contributed by atoms with van der Waals surface area (Å²) in [6.45, 7) is 4.20. The van der Waals surface area contributed by atoms with Crippen molar-refractivity contribution in [2.24, 2.45) is 0 Å². The Morgan fingerprint density at radius 2 is 2.00 bits per heavy atom. The maximum atomic E-state index is 5.88. The standard InChI is InChI=1S/C11H11ClN2/c1-7(2)11-6-13-9-4-3-8(12)5-10(9)14-11/h3-7H,1-2H3. The molecule has 2 nitrogen and oxygen atoms in total. The lowest BCUT2D eigenvalue weighted by molar-refractivity contribution is 0.822. The van der Waals surface area contributed by atoms with E-state index in [-0.39, 0.29) is 0 Å². The fourth-order valence-corrected chi connectivity index (χ4v) is 1.44. The molecular formula is C11H11ClN2. The molecule has 0 saturated carbocycles. The second-order valence-corrected chi connectivity index (χ2v) is 4.02. The Hall–Kier alpha value is -1.15. The summed E-state index contributed by atoms with van der Waals surface area (Å²) in [5.41, 5.74) is 2.75. The average Bonchev–Trinajstić information content (AvgIpc) is 2.16. The maximum Gasteiger partial charge on any atom is 0.0905 e. The van der Waals surface area contributed by atoms with E-state index in [1.54, 1.807) is 0 Å². The Kier molecular flexibility index (Phi) is 2.38. The van der Waals surface area contributed by atoms with Crippen LogP contribution in [0.2, 0.25) is 5.02 Å². The van der Waals surface area contributed by atoms with Crippen LogP contribution in [0.3, 0.4) is 0 Å². The molecule has 0 aliphatic carbocycles. The Morgan fingerprint density at radius 3 is 2.71 bits per heavy atom. The molecule has 1 aromatic heterocycles. The van der Waals surface area contributed by atoms with Crippen molar-refractivity contribution in [3.63, 3.8) is 0 Å². The third-order valence-electron chi connectivity index (χ3n) is 2.11. The van der Waals surface area contributed by atoms with Gasteiger partial charge in [0.25, 0.3) is 0 Å². The van der Waals surface area contributed by atoms with Crippen molar-refractivity contribution in [3.05, 3.63) is 35.1 Å². The van der Waals surface area contributed by atoms with Crippen LogP contribution in [0.25, 0.3) is 11.0 Å². The van der Waals surface area contributed by atoms with Gasteiger partial charge in [0.2, 0.25) is 0 Å². The predicted octanol–water partition coefficient (Wildman–Crippen LogP) is 3.41. The van der Waals surface area contributed by atoms with Crippen LogP contribution in [0.1, 0.15) is 25.5 Å². The van der Waals surface area contributed by atoms with Crippen LogP contribution in [-0.4, -0.2) is 9.97 Å². The molecule has 0 N–H and O–H groups in total. The molecule has 0 fully saturated rings. The van der Waals surface area contributed by atoms with Crippen LogP contribution >= 0.6 is 11.6 Å². The molecule has 2 rings (SSSR count). The number of aromatic nitrogens is 2. The van der Waals surface area contributed by atoms with Gasteiger partial charge in [-0.1, -0.05) is 25.4 Å². The van der Waals surface area contributed by atoms with Crippen molar-refractivity contribution < 1.29 is 0 Å². The van der Waals surface area contributed by atoms with Crippen molar-refractivity contribution in [1.29, 1.82) is 0 Å². The van der Waals surface area contributed by atoms with E-state index in [0.717, 1.165) is 16.7 Å². The highest BCUT2D eigenvalue weighted by Crippen LogP contribution is 2.18. The number of benzene rings is 1. The molecule has 3 heteroatoms. The minimum Gasteiger partial charge on any atom is -0.253 e. The fourth-order valence-electron chi connectivity index (χ4n) is 1.28. The molecule has 0 atom stereocenters. The first-order valence-corrected chi connectivity index (χ1v) is 4.97. The topological polar surface area (TPSA) is 25.8 Å². The van der Waals surface area contributed by atoms with Crippen LogP contribution in [0.5, 0.6) is 0 Å². The molecule has 0 radical (unpaired) electrons. The summed E-state index contributed by atoms with van der Waals surface area (Å²) in [4.78, 5) is 8.81. The molecule has 0 aliphatic heterocycles. The highest BCUT2D eigenvalue weighted by molar-refractivity contribution is 6.31. The molecular weight excluding hydrogens is 196 g/mol. The second-order valence-electron chi connectivity index (χ2n) is 3.58. The molecule has 0 bridgehead atoms. The summed E-state index contributed by atoms with van der Waals surface area (Å²) in [6.07, 6.45) is 1.82. The normalized spacial score (nSPS) is 11.1. The number of rotatable bonds is 1. The summed E-state index contributed by atoms with van der Waals surface area (Å²) in [7, 11) is 0. The van der Waals surface area contributed by atoms with Crippen LogP contribution in [-0.2, 0) is 0 Å². The summed E-state index contributed by atoms with van der Waals surface area (Å²) in [5, 5.41) is 0.702. The first-order chi connectivity index (χ1) is 6.66. The van der Waals surface area contributed by atoms with Gasteiger partial charge in [-0.25, -0.2) is 4.98 Å². The summed E-state index contributed by atoms with van der Waals surface area (Å²) in [5.74, 6) is 0.394. The molecule has 0 amide bonds. The highest BCUT2D eigenvalue weighted by atomic mass is 35.5. The van der Waals surface area contributed by atoms with Crippen LogP contribution in [0, 0.1) is 0 Å². The molecule has 0 unspecified atom stereocenters. The minimum atomic E-state index is 0.394. The van der Waals surface area contributed by atoms with Crippen LogP contribution < -0.4 is 0 Å². The first kappa shape index (κ1) is 9.41. The van der Waals surface area contributed by atoms with Gasteiger partial charge in [-0.05, 0) is 24.1 Å². The smallest absolute Gasteiger partial charge is 0.0905 e. The van der Waals surface area contributed by atoms with E-state index in [2.05, 4.69) is 23.8 Å². The van der Waals surface area contributed by atoms with E-state index >= 15 is 0 Å². The van der Waals surface area contributed by atoms with Gasteiger partial charge < -0.3 is 0 Å². The zero-order chi connectivity index (χ0) is 10.1. The maximum absolute atomic E-state index is 5.88. The highest BCUT2D eigenvalue weighted by Gasteiger charge is 2.03. The summed E-state index contributed by atoms with van der Waals surface area (Å²) in [6, 6.07) is 5.55. The molecule has 0 spiro atoms. The largest absolute Gasteiger partial charge is 0.253 e. The van der Waals surface area contributed by atoms with Gasteiger partial charge in [0.15, 0.2) is 0 Å². The summed E-state index contributed by atoms with van der Waals surface area (Å²) < 4.78 is 0. The Morgan fingerprint density at radius 1 is 1.21 bits per heavy atom. The quantitative estimate of drug-likeness (QED) is 0.715. The Labute approximate surface area is 88.0 Å². The Bertz CT molecular complexity index is 466. The van der Waals surface area contributed by atoms with Gasteiger partial charge in [-0.3, -0.25) is 4.98 Å². The third-order valence-corrected chi connectivity index (χ3v) is 2.35. The zero-order valence-corrected chi connectivity index (χ0v) is 8.92. The van der Waals surface area contributed by atoms with Crippen molar-refractivity contribution >= 4 is 22.6 Å². The molecule has 0 aliphatic rings. The number of hydrogen-bond donors (Lipinski definition) is 0. The predicted molar refractivity (Wildman–Crippen MR) is 58.6 cm³/mol. The van der Waals surface area contributed by atoms with Crippen molar-refractivity contribution in [1.82, 2.24) is 9.97 Å². The van der Waals surface area contributed by atoms with Crippen molar-refractivity contribution in [2.75, 3.05) is 0 Å². The second kappa shape index (κ2) is 3.54. The molecule has 72 valence electrons.